The lowest BCUT2D eigenvalue weighted by atomic mass is 10.0. The van der Waals surface area contributed by atoms with Crippen LogP contribution in [0, 0.1) is 10.1 Å². The Labute approximate surface area is 172 Å². The lowest BCUT2D eigenvalue weighted by molar-refractivity contribution is -0.385. The number of amides is 1. The number of nitrogens with one attached hydrogen (secondary N) is 1. The standard InChI is InChI=1S/C22H19N3O5/c26-20-11-10-17(13-19(20)25(28)29)14-23-24-22(27)15-30-21-9-5-4-8-18(21)12-16-6-2-1-3-7-16/h1-11,13-14,26H,12,15H2,(H,24,27)/b23-14+. The van der Waals surface area contributed by atoms with Crippen LogP contribution < -0.4 is 10.2 Å². The third-order valence-electron chi connectivity index (χ3n) is 4.17. The molecule has 0 fully saturated rings. The zero-order valence-electron chi connectivity index (χ0n) is 15.9. The third kappa shape index (κ3) is 5.65. The Hall–Kier alpha value is -4.20. The SMILES string of the molecule is O=C(COc1ccccc1Cc1ccccc1)N/N=C/c1ccc(O)c([N+](=O)[O-])c1. The van der Waals surface area contributed by atoms with Crippen molar-refractivity contribution < 1.29 is 19.6 Å². The van der Waals surface area contributed by atoms with Gasteiger partial charge in [0.15, 0.2) is 12.4 Å². The lowest BCUT2D eigenvalue weighted by Gasteiger charge is -2.11. The minimum atomic E-state index is -0.702. The fourth-order valence-electron chi connectivity index (χ4n) is 2.73. The van der Waals surface area contributed by atoms with Gasteiger partial charge >= 0.3 is 5.69 Å². The number of phenols is 1. The van der Waals surface area contributed by atoms with E-state index in [4.69, 9.17) is 4.74 Å². The molecule has 0 radical (unpaired) electrons. The Kier molecular flexibility index (Phi) is 6.73. The van der Waals surface area contributed by atoms with E-state index in [0.717, 1.165) is 17.2 Å². The van der Waals surface area contributed by atoms with Gasteiger partial charge in [-0.3, -0.25) is 14.9 Å². The number of benzene rings is 3. The van der Waals surface area contributed by atoms with Crippen LogP contribution in [0.4, 0.5) is 5.69 Å². The second-order valence-electron chi connectivity index (χ2n) is 6.36. The zero-order valence-corrected chi connectivity index (χ0v) is 15.9. The summed E-state index contributed by atoms with van der Waals surface area (Å²) in [5.74, 6) is -0.313. The number of carbonyl (C=O) groups excluding carboxylic acids is 1. The van der Waals surface area contributed by atoms with Gasteiger partial charge in [0.2, 0.25) is 0 Å². The summed E-state index contributed by atoms with van der Waals surface area (Å²) in [4.78, 5) is 22.1. The summed E-state index contributed by atoms with van der Waals surface area (Å²) in [5.41, 5.74) is 4.31. The molecule has 3 aromatic carbocycles. The highest BCUT2D eigenvalue weighted by Crippen LogP contribution is 2.25. The van der Waals surface area contributed by atoms with Crippen molar-refractivity contribution in [2.24, 2.45) is 5.10 Å². The Bertz CT molecular complexity index is 1070. The van der Waals surface area contributed by atoms with E-state index in [1.165, 1.54) is 18.3 Å². The topological polar surface area (TPSA) is 114 Å². The Morgan fingerprint density at radius 1 is 1.10 bits per heavy atom. The van der Waals surface area contributed by atoms with E-state index in [1.807, 2.05) is 48.5 Å². The van der Waals surface area contributed by atoms with Gasteiger partial charge in [-0.1, -0.05) is 48.5 Å². The van der Waals surface area contributed by atoms with E-state index in [2.05, 4.69) is 10.5 Å². The number of phenolic OH excluding ortho intramolecular Hbond substituents is 1. The largest absolute Gasteiger partial charge is 0.502 e. The summed E-state index contributed by atoms with van der Waals surface area (Å²) in [6, 6.07) is 21.2. The van der Waals surface area contributed by atoms with Crippen LogP contribution in [-0.4, -0.2) is 28.8 Å². The molecular weight excluding hydrogens is 386 g/mol. The molecule has 0 aliphatic heterocycles. The van der Waals surface area contributed by atoms with Crippen molar-refractivity contribution in [3.63, 3.8) is 0 Å². The van der Waals surface area contributed by atoms with Crippen molar-refractivity contribution in [2.45, 2.75) is 6.42 Å². The van der Waals surface area contributed by atoms with Gasteiger partial charge in [-0.05, 0) is 29.3 Å². The summed E-state index contributed by atoms with van der Waals surface area (Å²) in [7, 11) is 0. The molecule has 0 aliphatic carbocycles. The molecule has 2 N–H and O–H groups in total. The first kappa shape index (κ1) is 20.5. The van der Waals surface area contributed by atoms with E-state index in [-0.39, 0.29) is 6.61 Å². The van der Waals surface area contributed by atoms with Gasteiger partial charge < -0.3 is 9.84 Å². The predicted molar refractivity (Wildman–Crippen MR) is 112 cm³/mol. The van der Waals surface area contributed by atoms with Crippen molar-refractivity contribution in [2.75, 3.05) is 6.61 Å². The predicted octanol–water partition coefficient (Wildman–Crippen LogP) is 3.42. The molecule has 8 nitrogen and oxygen atoms in total. The van der Waals surface area contributed by atoms with Gasteiger partial charge in [-0.15, -0.1) is 0 Å². The monoisotopic (exact) mass is 405 g/mol. The molecule has 8 heteroatoms. The highest BCUT2D eigenvalue weighted by molar-refractivity contribution is 5.84. The van der Waals surface area contributed by atoms with Crippen LogP contribution in [-0.2, 0) is 11.2 Å². The van der Waals surface area contributed by atoms with E-state index < -0.39 is 22.3 Å². The fourth-order valence-corrected chi connectivity index (χ4v) is 2.73. The quantitative estimate of drug-likeness (QED) is 0.339. The maximum atomic E-state index is 12.0. The molecule has 0 heterocycles. The molecule has 0 unspecified atom stereocenters. The first-order chi connectivity index (χ1) is 14.5. The number of hydrazone groups is 1. The number of hydrogen-bond donors (Lipinski definition) is 2. The summed E-state index contributed by atoms with van der Waals surface area (Å²) in [6.45, 7) is -0.237. The van der Waals surface area contributed by atoms with Crippen molar-refractivity contribution in [1.29, 1.82) is 0 Å². The van der Waals surface area contributed by atoms with Gasteiger partial charge in [-0.25, -0.2) is 5.43 Å². The van der Waals surface area contributed by atoms with Crippen molar-refractivity contribution in [3.8, 4) is 11.5 Å². The average molecular weight is 405 g/mol. The molecule has 0 saturated heterocycles. The van der Waals surface area contributed by atoms with E-state index >= 15 is 0 Å². The lowest BCUT2D eigenvalue weighted by Crippen LogP contribution is -2.24. The second-order valence-corrected chi connectivity index (χ2v) is 6.36. The van der Waals surface area contributed by atoms with Gasteiger partial charge in [0.25, 0.3) is 5.91 Å². The molecule has 0 atom stereocenters. The van der Waals surface area contributed by atoms with Gasteiger partial charge in [0.05, 0.1) is 11.1 Å². The number of rotatable bonds is 8. The summed E-state index contributed by atoms with van der Waals surface area (Å²) in [5, 5.41) is 24.0. The number of nitro groups is 1. The molecule has 0 aromatic heterocycles. The van der Waals surface area contributed by atoms with Crippen molar-refractivity contribution in [3.05, 3.63) is 99.6 Å². The Morgan fingerprint density at radius 3 is 2.60 bits per heavy atom. The van der Waals surface area contributed by atoms with Crippen molar-refractivity contribution in [1.82, 2.24) is 5.43 Å². The number of nitro benzene ring substituents is 1. The second kappa shape index (κ2) is 9.83. The van der Waals surface area contributed by atoms with E-state index in [1.54, 1.807) is 6.07 Å². The highest BCUT2D eigenvalue weighted by Gasteiger charge is 2.13. The maximum Gasteiger partial charge on any atom is 0.311 e. The van der Waals surface area contributed by atoms with Crippen LogP contribution in [0.2, 0.25) is 0 Å². The van der Waals surface area contributed by atoms with Crippen LogP contribution in [0.5, 0.6) is 11.5 Å². The Morgan fingerprint density at radius 2 is 1.83 bits per heavy atom. The smallest absolute Gasteiger partial charge is 0.311 e. The normalized spacial score (nSPS) is 10.7. The molecule has 0 saturated carbocycles. The summed E-state index contributed by atoms with van der Waals surface area (Å²) < 4.78 is 5.63. The molecule has 152 valence electrons. The van der Waals surface area contributed by atoms with E-state index in [0.29, 0.717) is 17.7 Å². The Balaban J connectivity index is 1.56. The number of aromatic hydroxyl groups is 1. The van der Waals surface area contributed by atoms with Crippen LogP contribution in [0.25, 0.3) is 0 Å². The maximum absolute atomic E-state index is 12.0. The molecule has 30 heavy (non-hydrogen) atoms. The average Bonchev–Trinajstić information content (AvgIpc) is 2.75. The summed E-state index contributed by atoms with van der Waals surface area (Å²) in [6.07, 6.45) is 1.92. The molecular formula is C22H19N3O5. The number of ether oxygens (including phenoxy) is 1. The van der Waals surface area contributed by atoms with Crippen LogP contribution in [0.3, 0.4) is 0 Å². The molecule has 0 spiro atoms. The third-order valence-corrected chi connectivity index (χ3v) is 4.17. The number of carbonyl (C=O) groups is 1. The van der Waals surface area contributed by atoms with Gasteiger partial charge in [0.1, 0.15) is 5.75 Å². The zero-order chi connectivity index (χ0) is 21.3. The number of nitrogens with zero attached hydrogens (tertiary/aromatic N) is 2. The van der Waals surface area contributed by atoms with Crippen molar-refractivity contribution >= 4 is 17.8 Å². The first-order valence-corrected chi connectivity index (χ1v) is 9.07. The highest BCUT2D eigenvalue weighted by atomic mass is 16.6. The molecule has 1 amide bonds. The summed E-state index contributed by atoms with van der Waals surface area (Å²) >= 11 is 0. The van der Waals surface area contributed by atoms with Gasteiger partial charge in [-0.2, -0.15) is 5.10 Å². The van der Waals surface area contributed by atoms with Crippen LogP contribution in [0.1, 0.15) is 16.7 Å². The first-order valence-electron chi connectivity index (χ1n) is 9.07. The van der Waals surface area contributed by atoms with Crippen LogP contribution >= 0.6 is 0 Å². The fraction of sp³-hybridized carbons (Fsp3) is 0.0909. The molecule has 0 aliphatic rings. The number of hydrogen-bond acceptors (Lipinski definition) is 6. The minimum absolute atomic E-state index is 0.237. The number of para-hydroxylation sites is 1. The van der Waals surface area contributed by atoms with Gasteiger partial charge in [0, 0.05) is 18.1 Å². The van der Waals surface area contributed by atoms with Crippen LogP contribution in [0.15, 0.2) is 77.9 Å². The molecule has 3 aromatic rings. The van der Waals surface area contributed by atoms with E-state index in [9.17, 15) is 20.0 Å². The molecule has 3 rings (SSSR count). The minimum Gasteiger partial charge on any atom is -0.502 e. The molecule has 0 bridgehead atoms.